The van der Waals surface area contributed by atoms with Gasteiger partial charge in [0.15, 0.2) is 0 Å². The van der Waals surface area contributed by atoms with Gasteiger partial charge in [-0.05, 0) is 44.4 Å². The van der Waals surface area contributed by atoms with Crippen LogP contribution in [0.5, 0.6) is 0 Å². The van der Waals surface area contributed by atoms with Crippen molar-refractivity contribution in [2.75, 3.05) is 13.1 Å². The molecule has 2 atom stereocenters. The van der Waals surface area contributed by atoms with Crippen LogP contribution < -0.4 is 5.32 Å². The predicted molar refractivity (Wildman–Crippen MR) is 85.0 cm³/mol. The fourth-order valence-electron chi connectivity index (χ4n) is 3.78. The Balaban J connectivity index is 1.85. The first-order chi connectivity index (χ1) is 10.5. The highest BCUT2D eigenvalue weighted by molar-refractivity contribution is 5.82. The van der Waals surface area contributed by atoms with E-state index in [1.807, 2.05) is 26.0 Å². The first-order valence-corrected chi connectivity index (χ1v) is 8.04. The fraction of sp³-hybridized carbons (Fsp3) is 0.556. The minimum absolute atomic E-state index is 0.143. The number of nitriles is 1. The highest BCUT2D eigenvalue weighted by Crippen LogP contribution is 2.31. The Bertz CT molecular complexity index is 617. The van der Waals surface area contributed by atoms with Crippen molar-refractivity contribution >= 4 is 5.91 Å². The summed E-state index contributed by atoms with van der Waals surface area (Å²) in [7, 11) is 0. The largest absolute Gasteiger partial charge is 0.354 e. The summed E-state index contributed by atoms with van der Waals surface area (Å²) in [5, 5.41) is 12.4. The Morgan fingerprint density at radius 2 is 2.18 bits per heavy atom. The van der Waals surface area contributed by atoms with Crippen LogP contribution in [0.25, 0.3) is 0 Å². The normalized spacial score (nSPS) is 25.4. The number of carbonyl (C=O) groups is 1. The van der Waals surface area contributed by atoms with E-state index in [9.17, 15) is 10.1 Å². The SMILES string of the molecule is CC(C)(C#N)c1ccccc1CN1CCC[C@H]2C(=O)NC[C@H]21. The molecule has 2 fully saturated rings. The molecule has 0 spiro atoms. The second kappa shape index (κ2) is 5.73. The van der Waals surface area contributed by atoms with Crippen LogP contribution in [0.3, 0.4) is 0 Å². The van der Waals surface area contributed by atoms with Gasteiger partial charge in [-0.3, -0.25) is 9.69 Å². The first-order valence-electron chi connectivity index (χ1n) is 8.04. The van der Waals surface area contributed by atoms with E-state index < -0.39 is 5.41 Å². The number of hydrogen-bond acceptors (Lipinski definition) is 3. The monoisotopic (exact) mass is 297 g/mol. The van der Waals surface area contributed by atoms with E-state index >= 15 is 0 Å². The topological polar surface area (TPSA) is 56.1 Å². The molecule has 0 radical (unpaired) electrons. The molecule has 0 aromatic heterocycles. The number of fused-ring (bicyclic) bond motifs is 1. The quantitative estimate of drug-likeness (QED) is 0.930. The number of amides is 1. The Morgan fingerprint density at radius 1 is 1.41 bits per heavy atom. The molecule has 1 aromatic rings. The Labute approximate surface area is 132 Å². The number of rotatable bonds is 3. The number of nitrogens with one attached hydrogen (secondary N) is 1. The lowest BCUT2D eigenvalue weighted by Gasteiger charge is -2.36. The summed E-state index contributed by atoms with van der Waals surface area (Å²) in [4.78, 5) is 14.3. The molecule has 0 unspecified atom stereocenters. The average Bonchev–Trinajstić information content (AvgIpc) is 2.90. The van der Waals surface area contributed by atoms with Crippen LogP contribution in [0.4, 0.5) is 0 Å². The molecule has 4 heteroatoms. The van der Waals surface area contributed by atoms with Gasteiger partial charge in [0, 0.05) is 19.1 Å². The highest BCUT2D eigenvalue weighted by Gasteiger charge is 2.40. The van der Waals surface area contributed by atoms with Crippen LogP contribution in [0.15, 0.2) is 24.3 Å². The molecule has 0 bridgehead atoms. The van der Waals surface area contributed by atoms with Crippen molar-refractivity contribution in [2.45, 2.75) is 44.7 Å². The van der Waals surface area contributed by atoms with Gasteiger partial charge in [-0.2, -0.15) is 5.26 Å². The lowest BCUT2D eigenvalue weighted by Crippen LogP contribution is -2.45. The first kappa shape index (κ1) is 15.1. The summed E-state index contributed by atoms with van der Waals surface area (Å²) < 4.78 is 0. The lowest BCUT2D eigenvalue weighted by atomic mass is 9.82. The van der Waals surface area contributed by atoms with Gasteiger partial charge < -0.3 is 5.32 Å². The van der Waals surface area contributed by atoms with E-state index in [1.165, 1.54) is 5.56 Å². The molecule has 1 aromatic carbocycles. The molecule has 116 valence electrons. The van der Waals surface area contributed by atoms with Crippen molar-refractivity contribution in [3.05, 3.63) is 35.4 Å². The van der Waals surface area contributed by atoms with Crippen molar-refractivity contribution in [3.63, 3.8) is 0 Å². The third-order valence-electron chi connectivity index (χ3n) is 5.06. The Kier molecular flexibility index (Phi) is 3.92. The smallest absolute Gasteiger partial charge is 0.224 e. The van der Waals surface area contributed by atoms with E-state index in [-0.39, 0.29) is 11.8 Å². The van der Waals surface area contributed by atoms with E-state index in [0.717, 1.165) is 38.0 Å². The zero-order valence-corrected chi connectivity index (χ0v) is 13.3. The highest BCUT2D eigenvalue weighted by atomic mass is 16.2. The minimum atomic E-state index is -0.491. The number of benzene rings is 1. The van der Waals surface area contributed by atoms with Gasteiger partial charge in [-0.25, -0.2) is 0 Å². The molecule has 0 saturated carbocycles. The number of hydrogen-bond donors (Lipinski definition) is 1. The van der Waals surface area contributed by atoms with Crippen LogP contribution in [0, 0.1) is 17.2 Å². The van der Waals surface area contributed by atoms with Crippen molar-refractivity contribution in [3.8, 4) is 6.07 Å². The maximum absolute atomic E-state index is 11.9. The van der Waals surface area contributed by atoms with Gasteiger partial charge in [-0.1, -0.05) is 24.3 Å². The summed E-state index contributed by atoms with van der Waals surface area (Å²) in [5.74, 6) is 0.352. The number of piperidine rings is 1. The molecular weight excluding hydrogens is 274 g/mol. The summed E-state index contributed by atoms with van der Waals surface area (Å²) in [5.41, 5.74) is 1.81. The molecule has 22 heavy (non-hydrogen) atoms. The van der Waals surface area contributed by atoms with Crippen molar-refractivity contribution in [1.29, 1.82) is 5.26 Å². The van der Waals surface area contributed by atoms with Crippen molar-refractivity contribution < 1.29 is 4.79 Å². The van der Waals surface area contributed by atoms with E-state index in [0.29, 0.717) is 6.04 Å². The maximum atomic E-state index is 11.9. The van der Waals surface area contributed by atoms with Crippen LogP contribution in [0.2, 0.25) is 0 Å². The molecule has 1 N–H and O–H groups in total. The van der Waals surface area contributed by atoms with Gasteiger partial charge >= 0.3 is 0 Å². The van der Waals surface area contributed by atoms with Gasteiger partial charge in [0.1, 0.15) is 0 Å². The van der Waals surface area contributed by atoms with E-state index in [1.54, 1.807) is 0 Å². The lowest BCUT2D eigenvalue weighted by molar-refractivity contribution is -0.124. The third kappa shape index (κ3) is 2.62. The standard InChI is InChI=1S/C18H23N3O/c1-18(2,12-19)15-8-4-3-6-13(15)11-21-9-5-7-14-16(21)10-20-17(14)22/h3-4,6,8,14,16H,5,7,9-11H2,1-2H3,(H,20,22)/t14-,16-/m1/s1. The molecule has 3 rings (SSSR count). The molecule has 2 saturated heterocycles. The summed E-state index contributed by atoms with van der Waals surface area (Å²) in [6.07, 6.45) is 2.07. The zero-order valence-electron chi connectivity index (χ0n) is 13.3. The zero-order chi connectivity index (χ0) is 15.7. The van der Waals surface area contributed by atoms with Crippen LogP contribution >= 0.6 is 0 Å². The second-order valence-corrected chi connectivity index (χ2v) is 6.93. The summed E-state index contributed by atoms with van der Waals surface area (Å²) in [6, 6.07) is 10.9. The molecule has 2 aliphatic heterocycles. The molecule has 2 heterocycles. The molecule has 1 amide bonds. The second-order valence-electron chi connectivity index (χ2n) is 6.93. The van der Waals surface area contributed by atoms with Crippen LogP contribution in [-0.2, 0) is 16.8 Å². The van der Waals surface area contributed by atoms with Gasteiger partial charge in [-0.15, -0.1) is 0 Å². The van der Waals surface area contributed by atoms with Gasteiger partial charge in [0.2, 0.25) is 5.91 Å². The van der Waals surface area contributed by atoms with Crippen molar-refractivity contribution in [2.24, 2.45) is 5.92 Å². The van der Waals surface area contributed by atoms with Crippen molar-refractivity contribution in [1.82, 2.24) is 10.2 Å². The predicted octanol–water partition coefficient (Wildman–Crippen LogP) is 2.20. The van der Waals surface area contributed by atoms with Crippen LogP contribution in [-0.4, -0.2) is 29.9 Å². The molecule has 2 aliphatic rings. The third-order valence-corrected chi connectivity index (χ3v) is 5.06. The average molecular weight is 297 g/mol. The summed E-state index contributed by atoms with van der Waals surface area (Å²) in [6.45, 7) is 6.53. The van der Waals surface area contributed by atoms with Gasteiger partial charge in [0.05, 0.1) is 17.4 Å². The molecule has 4 nitrogen and oxygen atoms in total. The van der Waals surface area contributed by atoms with E-state index in [2.05, 4.69) is 28.4 Å². The number of likely N-dealkylation sites (tertiary alicyclic amines) is 1. The Hall–Kier alpha value is -1.86. The minimum Gasteiger partial charge on any atom is -0.354 e. The Morgan fingerprint density at radius 3 is 2.95 bits per heavy atom. The van der Waals surface area contributed by atoms with Crippen LogP contribution in [0.1, 0.15) is 37.8 Å². The molecular formula is C18H23N3O. The summed E-state index contributed by atoms with van der Waals surface area (Å²) >= 11 is 0. The number of carbonyl (C=O) groups excluding carboxylic acids is 1. The number of nitrogens with zero attached hydrogens (tertiary/aromatic N) is 2. The maximum Gasteiger partial charge on any atom is 0.224 e. The fourth-order valence-corrected chi connectivity index (χ4v) is 3.78. The molecule has 0 aliphatic carbocycles. The van der Waals surface area contributed by atoms with Gasteiger partial charge in [0.25, 0.3) is 0 Å². The van der Waals surface area contributed by atoms with E-state index in [4.69, 9.17) is 0 Å².